The van der Waals surface area contributed by atoms with Crippen LogP contribution in [-0.2, 0) is 6.42 Å². The molecule has 0 saturated heterocycles. The zero-order chi connectivity index (χ0) is 20.3. The van der Waals surface area contributed by atoms with E-state index in [4.69, 9.17) is 14.2 Å². The van der Waals surface area contributed by atoms with Crippen molar-refractivity contribution in [2.45, 2.75) is 6.42 Å². The van der Waals surface area contributed by atoms with Gasteiger partial charge in [0.05, 0.1) is 23.9 Å². The highest BCUT2D eigenvalue weighted by Crippen LogP contribution is 2.31. The molecule has 6 heteroatoms. The molecule has 30 heavy (non-hydrogen) atoms. The summed E-state index contributed by atoms with van der Waals surface area (Å²) in [6.45, 7) is 0. The molecule has 5 aromatic rings. The molecule has 3 heterocycles. The Morgan fingerprint density at radius 3 is 2.50 bits per heavy atom. The highest BCUT2D eigenvalue weighted by atomic mass is 16.5. The number of aromatic nitrogens is 4. The second-order valence-electron chi connectivity index (χ2n) is 6.85. The summed E-state index contributed by atoms with van der Waals surface area (Å²) >= 11 is 0. The molecule has 6 nitrogen and oxygen atoms in total. The first kappa shape index (κ1) is 18.0. The van der Waals surface area contributed by atoms with Gasteiger partial charge in [0.25, 0.3) is 5.89 Å². The fourth-order valence-corrected chi connectivity index (χ4v) is 3.38. The van der Waals surface area contributed by atoms with E-state index in [0.29, 0.717) is 18.1 Å². The van der Waals surface area contributed by atoms with Gasteiger partial charge in [-0.05, 0) is 42.0 Å². The Labute approximate surface area is 173 Å². The van der Waals surface area contributed by atoms with E-state index in [9.17, 15) is 0 Å². The molecule has 3 aromatic heterocycles. The number of methoxy groups -OCH3 is 1. The Morgan fingerprint density at radius 1 is 0.900 bits per heavy atom. The van der Waals surface area contributed by atoms with E-state index in [1.54, 1.807) is 19.5 Å². The minimum atomic E-state index is 0.479. The molecule has 0 aliphatic heterocycles. The molecular formula is C24H18N4O2. The molecule has 0 bridgehead atoms. The fraction of sp³-hybridized carbons (Fsp3) is 0.0833. The van der Waals surface area contributed by atoms with Crippen molar-refractivity contribution in [3.05, 3.63) is 90.5 Å². The first-order valence-corrected chi connectivity index (χ1v) is 9.56. The van der Waals surface area contributed by atoms with Gasteiger partial charge in [-0.1, -0.05) is 35.5 Å². The number of hydrogen-bond donors (Lipinski definition) is 0. The predicted octanol–water partition coefficient (Wildman–Crippen LogP) is 4.95. The summed E-state index contributed by atoms with van der Waals surface area (Å²) in [5.74, 6) is 1.92. The van der Waals surface area contributed by atoms with E-state index >= 15 is 0 Å². The van der Waals surface area contributed by atoms with Crippen molar-refractivity contribution in [2.24, 2.45) is 0 Å². The molecule has 5 rings (SSSR count). The van der Waals surface area contributed by atoms with Crippen LogP contribution in [0.3, 0.4) is 0 Å². The molecule has 0 unspecified atom stereocenters. The lowest BCUT2D eigenvalue weighted by molar-refractivity contribution is 0.414. The Bertz CT molecular complexity index is 1300. The van der Waals surface area contributed by atoms with Gasteiger partial charge >= 0.3 is 0 Å². The van der Waals surface area contributed by atoms with Gasteiger partial charge in [0.2, 0.25) is 0 Å². The number of rotatable bonds is 5. The molecule has 0 aliphatic carbocycles. The molecule has 0 radical (unpaired) electrons. The van der Waals surface area contributed by atoms with E-state index in [1.807, 2.05) is 66.7 Å². The third kappa shape index (κ3) is 3.51. The second kappa shape index (κ2) is 7.75. The minimum Gasteiger partial charge on any atom is -0.497 e. The summed E-state index contributed by atoms with van der Waals surface area (Å²) < 4.78 is 10.9. The van der Waals surface area contributed by atoms with Crippen LogP contribution in [0.25, 0.3) is 33.6 Å². The Kier molecular flexibility index (Phi) is 4.65. The second-order valence-corrected chi connectivity index (χ2v) is 6.85. The maximum absolute atomic E-state index is 5.64. The smallest absolute Gasteiger partial charge is 0.258 e. The average Bonchev–Trinajstić information content (AvgIpc) is 3.27. The molecule has 0 saturated carbocycles. The van der Waals surface area contributed by atoms with Crippen LogP contribution in [-0.4, -0.2) is 27.2 Å². The largest absolute Gasteiger partial charge is 0.497 e. The SMILES string of the molecule is COc1ccc(Cc2noc(-c3cc(-c4ccncc4)nc4ccccc34)n2)cc1. The number of benzene rings is 2. The fourth-order valence-electron chi connectivity index (χ4n) is 3.38. The molecule has 0 amide bonds. The van der Waals surface area contributed by atoms with Crippen molar-refractivity contribution in [1.82, 2.24) is 20.1 Å². The van der Waals surface area contributed by atoms with Crippen molar-refractivity contribution in [3.8, 4) is 28.5 Å². The van der Waals surface area contributed by atoms with E-state index in [-0.39, 0.29) is 0 Å². The Balaban J connectivity index is 1.54. The number of hydrogen-bond acceptors (Lipinski definition) is 6. The van der Waals surface area contributed by atoms with Crippen LogP contribution in [0.2, 0.25) is 0 Å². The monoisotopic (exact) mass is 394 g/mol. The minimum absolute atomic E-state index is 0.479. The summed E-state index contributed by atoms with van der Waals surface area (Å²) in [6, 6.07) is 21.7. The van der Waals surface area contributed by atoms with E-state index in [0.717, 1.165) is 39.0 Å². The zero-order valence-electron chi connectivity index (χ0n) is 16.3. The van der Waals surface area contributed by atoms with E-state index < -0.39 is 0 Å². The van der Waals surface area contributed by atoms with Gasteiger partial charge in [-0.2, -0.15) is 4.98 Å². The van der Waals surface area contributed by atoms with Crippen LogP contribution in [0.1, 0.15) is 11.4 Å². The topological polar surface area (TPSA) is 73.9 Å². The number of ether oxygens (including phenoxy) is 1. The van der Waals surface area contributed by atoms with Crippen LogP contribution in [0.15, 0.2) is 83.6 Å². The molecule has 0 N–H and O–H groups in total. The molecule has 0 spiro atoms. The first-order chi connectivity index (χ1) is 14.8. The van der Waals surface area contributed by atoms with Crippen LogP contribution >= 0.6 is 0 Å². The molecule has 0 atom stereocenters. The lowest BCUT2D eigenvalue weighted by atomic mass is 10.0. The summed E-state index contributed by atoms with van der Waals surface area (Å²) in [5.41, 5.74) is 4.63. The maximum atomic E-state index is 5.64. The zero-order valence-corrected chi connectivity index (χ0v) is 16.3. The number of pyridine rings is 2. The van der Waals surface area contributed by atoms with Gasteiger partial charge in [0.15, 0.2) is 5.82 Å². The highest BCUT2D eigenvalue weighted by molar-refractivity contribution is 5.94. The van der Waals surface area contributed by atoms with Crippen LogP contribution in [0, 0.1) is 0 Å². The lowest BCUT2D eigenvalue weighted by Crippen LogP contribution is -1.92. The van der Waals surface area contributed by atoms with Crippen molar-refractivity contribution < 1.29 is 9.26 Å². The number of fused-ring (bicyclic) bond motifs is 1. The normalized spacial score (nSPS) is 11.0. The molecule has 2 aromatic carbocycles. The summed E-state index contributed by atoms with van der Waals surface area (Å²) in [5, 5.41) is 5.16. The lowest BCUT2D eigenvalue weighted by Gasteiger charge is -2.07. The van der Waals surface area contributed by atoms with Gasteiger partial charge in [-0.3, -0.25) is 4.98 Å². The van der Waals surface area contributed by atoms with Gasteiger partial charge in [0, 0.05) is 29.8 Å². The summed E-state index contributed by atoms with van der Waals surface area (Å²) in [6.07, 6.45) is 4.09. The molecule has 0 aliphatic rings. The average molecular weight is 394 g/mol. The third-order valence-corrected chi connectivity index (χ3v) is 4.91. The van der Waals surface area contributed by atoms with Crippen molar-refractivity contribution in [3.63, 3.8) is 0 Å². The summed E-state index contributed by atoms with van der Waals surface area (Å²) in [4.78, 5) is 13.5. The van der Waals surface area contributed by atoms with Crippen LogP contribution in [0.5, 0.6) is 5.75 Å². The van der Waals surface area contributed by atoms with Gasteiger partial charge in [0.1, 0.15) is 5.75 Å². The van der Waals surface area contributed by atoms with E-state index in [1.165, 1.54) is 0 Å². The van der Waals surface area contributed by atoms with Gasteiger partial charge < -0.3 is 9.26 Å². The highest BCUT2D eigenvalue weighted by Gasteiger charge is 2.15. The Hall–Kier alpha value is -4.06. The number of nitrogens with zero attached hydrogens (tertiary/aromatic N) is 4. The van der Waals surface area contributed by atoms with Crippen molar-refractivity contribution in [1.29, 1.82) is 0 Å². The predicted molar refractivity (Wildman–Crippen MR) is 114 cm³/mol. The quantitative estimate of drug-likeness (QED) is 0.420. The molecule has 146 valence electrons. The van der Waals surface area contributed by atoms with E-state index in [2.05, 4.69) is 15.1 Å². The first-order valence-electron chi connectivity index (χ1n) is 9.56. The van der Waals surface area contributed by atoms with Gasteiger partial charge in [-0.25, -0.2) is 4.98 Å². The molecular weight excluding hydrogens is 376 g/mol. The van der Waals surface area contributed by atoms with Gasteiger partial charge in [-0.15, -0.1) is 0 Å². The Morgan fingerprint density at radius 2 is 1.70 bits per heavy atom. The standard InChI is InChI=1S/C24H18N4O2/c1-29-18-8-6-16(7-9-18)14-23-27-24(30-28-23)20-15-22(17-10-12-25-13-11-17)26-21-5-3-2-4-19(20)21/h2-13,15H,14H2,1H3. The summed E-state index contributed by atoms with van der Waals surface area (Å²) in [7, 11) is 1.65. The van der Waals surface area contributed by atoms with Crippen molar-refractivity contribution in [2.75, 3.05) is 7.11 Å². The third-order valence-electron chi connectivity index (χ3n) is 4.91. The van der Waals surface area contributed by atoms with Crippen LogP contribution in [0.4, 0.5) is 0 Å². The van der Waals surface area contributed by atoms with Crippen molar-refractivity contribution >= 4 is 10.9 Å². The number of para-hydroxylation sites is 1. The maximum Gasteiger partial charge on any atom is 0.258 e. The van der Waals surface area contributed by atoms with Crippen LogP contribution < -0.4 is 4.74 Å². The molecule has 0 fully saturated rings.